The van der Waals surface area contributed by atoms with E-state index in [4.69, 9.17) is 9.47 Å². The second-order valence-electron chi connectivity index (χ2n) is 7.25. The van der Waals surface area contributed by atoms with E-state index in [-0.39, 0.29) is 17.8 Å². The molecule has 162 valence electrons. The van der Waals surface area contributed by atoms with Crippen LogP contribution in [0, 0.1) is 0 Å². The molecule has 0 amide bonds. The average Bonchev–Trinajstić information content (AvgIpc) is 2.84. The summed E-state index contributed by atoms with van der Waals surface area (Å²) in [6, 6.07) is 19.9. The van der Waals surface area contributed by atoms with E-state index >= 15 is 0 Å². The Labute approximate surface area is 185 Å². The van der Waals surface area contributed by atoms with Crippen LogP contribution in [0.4, 0.5) is 0 Å². The summed E-state index contributed by atoms with van der Waals surface area (Å²) in [4.78, 5) is 30.5. The molecule has 0 aliphatic rings. The molecule has 7 nitrogen and oxygen atoms in total. The molecule has 0 N–H and O–H groups in total. The molecule has 0 spiro atoms. The van der Waals surface area contributed by atoms with Crippen LogP contribution in [0.25, 0.3) is 11.3 Å². The molecule has 0 aliphatic carbocycles. The quantitative estimate of drug-likeness (QED) is 0.451. The maximum atomic E-state index is 13.5. The van der Waals surface area contributed by atoms with E-state index in [1.165, 1.54) is 10.6 Å². The second-order valence-corrected chi connectivity index (χ2v) is 7.25. The fourth-order valence-corrected chi connectivity index (χ4v) is 3.50. The fourth-order valence-electron chi connectivity index (χ4n) is 3.50. The predicted octanol–water partition coefficient (Wildman–Crippen LogP) is 3.19. The molecule has 2 aromatic heterocycles. The summed E-state index contributed by atoms with van der Waals surface area (Å²) in [6.07, 6.45) is 3.28. The van der Waals surface area contributed by atoms with Crippen LogP contribution < -0.4 is 20.7 Å². The van der Waals surface area contributed by atoms with E-state index in [0.717, 1.165) is 22.4 Å². The van der Waals surface area contributed by atoms with Gasteiger partial charge in [0, 0.05) is 24.0 Å². The standard InChI is InChI=1S/C25H23N3O4/c1-31-21-7-3-18(4-8-21)16-27-23(20-11-13-26-14-12-20)15-24(29)28(25(27)30)17-19-5-9-22(32-2)10-6-19/h3-15H,16-17H2,1-2H3. The van der Waals surface area contributed by atoms with Crippen molar-refractivity contribution in [3.8, 4) is 22.8 Å². The van der Waals surface area contributed by atoms with Crippen LogP contribution in [0.1, 0.15) is 11.1 Å². The number of benzene rings is 2. The molecule has 0 saturated heterocycles. The third-order valence-electron chi connectivity index (χ3n) is 5.25. The maximum absolute atomic E-state index is 13.5. The van der Waals surface area contributed by atoms with Gasteiger partial charge in [-0.1, -0.05) is 24.3 Å². The Kier molecular flexibility index (Phi) is 6.17. The van der Waals surface area contributed by atoms with Crippen molar-refractivity contribution in [3.05, 3.63) is 111 Å². The summed E-state index contributed by atoms with van der Waals surface area (Å²) < 4.78 is 13.3. The van der Waals surface area contributed by atoms with Gasteiger partial charge in [0.15, 0.2) is 0 Å². The van der Waals surface area contributed by atoms with Gasteiger partial charge in [0.25, 0.3) is 5.56 Å². The van der Waals surface area contributed by atoms with E-state index in [1.807, 2.05) is 48.5 Å². The number of pyridine rings is 1. The summed E-state index contributed by atoms with van der Waals surface area (Å²) in [5.74, 6) is 1.45. The van der Waals surface area contributed by atoms with Crippen molar-refractivity contribution in [1.82, 2.24) is 14.1 Å². The van der Waals surface area contributed by atoms with E-state index in [2.05, 4.69) is 4.98 Å². The Morgan fingerprint density at radius 2 is 1.22 bits per heavy atom. The van der Waals surface area contributed by atoms with Crippen molar-refractivity contribution >= 4 is 0 Å². The third-order valence-corrected chi connectivity index (χ3v) is 5.25. The highest BCUT2D eigenvalue weighted by atomic mass is 16.5. The molecular formula is C25H23N3O4. The number of rotatable bonds is 7. The third kappa shape index (κ3) is 4.46. The summed E-state index contributed by atoms with van der Waals surface area (Å²) in [5.41, 5.74) is 2.30. The van der Waals surface area contributed by atoms with Crippen molar-refractivity contribution in [1.29, 1.82) is 0 Å². The second kappa shape index (κ2) is 9.34. The largest absolute Gasteiger partial charge is 0.497 e. The van der Waals surface area contributed by atoms with Crippen LogP contribution in [0.15, 0.2) is 88.7 Å². The monoisotopic (exact) mass is 429 g/mol. The van der Waals surface area contributed by atoms with E-state index in [9.17, 15) is 9.59 Å². The summed E-state index contributed by atoms with van der Waals surface area (Å²) in [7, 11) is 3.20. The van der Waals surface area contributed by atoms with E-state index in [0.29, 0.717) is 18.0 Å². The van der Waals surface area contributed by atoms with Gasteiger partial charge in [-0.15, -0.1) is 0 Å². The Balaban J connectivity index is 1.80. The Bertz CT molecular complexity index is 1310. The van der Waals surface area contributed by atoms with Gasteiger partial charge in [-0.05, 0) is 47.5 Å². The van der Waals surface area contributed by atoms with Crippen LogP contribution in [0.3, 0.4) is 0 Å². The first-order chi connectivity index (χ1) is 15.6. The Morgan fingerprint density at radius 1 is 0.719 bits per heavy atom. The SMILES string of the molecule is COc1ccc(Cn2c(-c3ccncc3)cc(=O)n(Cc3ccc(OC)cc3)c2=O)cc1. The summed E-state index contributed by atoms with van der Waals surface area (Å²) in [6.45, 7) is 0.476. The summed E-state index contributed by atoms with van der Waals surface area (Å²) in [5, 5.41) is 0. The van der Waals surface area contributed by atoms with Gasteiger partial charge in [0.2, 0.25) is 0 Å². The van der Waals surface area contributed by atoms with Crippen LogP contribution in [-0.2, 0) is 13.1 Å². The minimum absolute atomic E-state index is 0.168. The number of ether oxygens (including phenoxy) is 2. The van der Waals surface area contributed by atoms with Crippen molar-refractivity contribution in [2.75, 3.05) is 14.2 Å². The molecule has 4 rings (SSSR count). The molecule has 0 fully saturated rings. The average molecular weight is 429 g/mol. The highest BCUT2D eigenvalue weighted by molar-refractivity contribution is 5.58. The van der Waals surface area contributed by atoms with E-state index in [1.54, 1.807) is 43.3 Å². The van der Waals surface area contributed by atoms with Crippen LogP contribution in [-0.4, -0.2) is 28.3 Å². The molecule has 2 aromatic carbocycles. The van der Waals surface area contributed by atoms with Crippen LogP contribution in [0.5, 0.6) is 11.5 Å². The molecule has 32 heavy (non-hydrogen) atoms. The van der Waals surface area contributed by atoms with Gasteiger partial charge >= 0.3 is 5.69 Å². The maximum Gasteiger partial charge on any atom is 0.332 e. The summed E-state index contributed by atoms with van der Waals surface area (Å²) >= 11 is 0. The number of hydrogen-bond donors (Lipinski definition) is 0. The number of hydrogen-bond acceptors (Lipinski definition) is 5. The molecule has 2 heterocycles. The molecular weight excluding hydrogens is 406 g/mol. The Hall–Kier alpha value is -4.13. The lowest BCUT2D eigenvalue weighted by Crippen LogP contribution is -2.40. The first-order valence-electron chi connectivity index (χ1n) is 10.1. The Morgan fingerprint density at radius 3 is 1.72 bits per heavy atom. The lowest BCUT2D eigenvalue weighted by molar-refractivity contribution is 0.414. The molecule has 7 heteroatoms. The highest BCUT2D eigenvalue weighted by Gasteiger charge is 2.14. The van der Waals surface area contributed by atoms with Crippen LogP contribution >= 0.6 is 0 Å². The van der Waals surface area contributed by atoms with Gasteiger partial charge in [0.1, 0.15) is 11.5 Å². The number of nitrogens with zero attached hydrogens (tertiary/aromatic N) is 3. The minimum Gasteiger partial charge on any atom is -0.497 e. The van der Waals surface area contributed by atoms with Gasteiger partial charge in [-0.2, -0.15) is 0 Å². The van der Waals surface area contributed by atoms with Gasteiger partial charge in [-0.25, -0.2) is 4.79 Å². The first kappa shape index (κ1) is 21.1. The molecule has 0 atom stereocenters. The van der Waals surface area contributed by atoms with E-state index < -0.39 is 0 Å². The molecule has 0 aliphatic heterocycles. The number of methoxy groups -OCH3 is 2. The van der Waals surface area contributed by atoms with Crippen LogP contribution in [0.2, 0.25) is 0 Å². The molecule has 0 radical (unpaired) electrons. The van der Waals surface area contributed by atoms with Crippen molar-refractivity contribution in [2.24, 2.45) is 0 Å². The zero-order valence-electron chi connectivity index (χ0n) is 17.9. The topological polar surface area (TPSA) is 75.3 Å². The van der Waals surface area contributed by atoms with Gasteiger partial charge < -0.3 is 9.47 Å². The van der Waals surface area contributed by atoms with Crippen molar-refractivity contribution < 1.29 is 9.47 Å². The normalized spacial score (nSPS) is 10.7. The van der Waals surface area contributed by atoms with Crippen molar-refractivity contribution in [2.45, 2.75) is 13.1 Å². The molecule has 0 bridgehead atoms. The first-order valence-corrected chi connectivity index (χ1v) is 10.1. The van der Waals surface area contributed by atoms with Crippen molar-refractivity contribution in [3.63, 3.8) is 0 Å². The predicted molar refractivity (Wildman–Crippen MR) is 122 cm³/mol. The molecule has 4 aromatic rings. The number of aromatic nitrogens is 3. The molecule has 0 saturated carbocycles. The minimum atomic E-state index is -0.379. The smallest absolute Gasteiger partial charge is 0.332 e. The van der Waals surface area contributed by atoms with Gasteiger partial charge in [-0.3, -0.25) is 18.9 Å². The lowest BCUT2D eigenvalue weighted by Gasteiger charge is -2.16. The lowest BCUT2D eigenvalue weighted by atomic mass is 10.1. The zero-order valence-corrected chi connectivity index (χ0v) is 17.9. The zero-order chi connectivity index (χ0) is 22.5. The molecule has 0 unspecified atom stereocenters. The highest BCUT2D eigenvalue weighted by Crippen LogP contribution is 2.18. The van der Waals surface area contributed by atoms with Gasteiger partial charge in [0.05, 0.1) is 33.0 Å². The fraction of sp³-hybridized carbons (Fsp3) is 0.160.